The Morgan fingerprint density at radius 3 is 2.83 bits per heavy atom. The van der Waals surface area contributed by atoms with E-state index in [4.69, 9.17) is 4.42 Å². The van der Waals surface area contributed by atoms with Crippen molar-refractivity contribution in [2.24, 2.45) is 0 Å². The molecule has 18 heavy (non-hydrogen) atoms. The second kappa shape index (κ2) is 5.65. The number of carbonyl (C=O) groups is 1. The lowest BCUT2D eigenvalue weighted by molar-refractivity contribution is -0.118. The Labute approximate surface area is 108 Å². The van der Waals surface area contributed by atoms with E-state index in [0.717, 1.165) is 36.9 Å². The Morgan fingerprint density at radius 2 is 2.22 bits per heavy atom. The van der Waals surface area contributed by atoms with Crippen LogP contribution in [0.2, 0.25) is 0 Å². The molecule has 1 aromatic heterocycles. The third-order valence-corrected chi connectivity index (χ3v) is 3.68. The van der Waals surface area contributed by atoms with E-state index in [1.807, 2.05) is 13.8 Å². The zero-order valence-electron chi connectivity index (χ0n) is 11.5. The summed E-state index contributed by atoms with van der Waals surface area (Å²) in [6.07, 6.45) is 4.18. The molecular weight excluding hydrogens is 228 g/mol. The smallest absolute Gasteiger partial charge is 0.208 e. The van der Waals surface area contributed by atoms with Crippen molar-refractivity contribution in [3.63, 3.8) is 0 Å². The molecule has 0 radical (unpaired) electrons. The molecule has 1 atom stereocenters. The molecule has 0 bridgehead atoms. The van der Waals surface area contributed by atoms with Gasteiger partial charge < -0.3 is 4.42 Å². The molecule has 0 saturated carbocycles. The van der Waals surface area contributed by atoms with E-state index in [-0.39, 0.29) is 5.78 Å². The molecule has 0 aromatic carbocycles. The average molecular weight is 250 g/mol. The molecule has 1 unspecified atom stereocenters. The number of nitrogens with zero attached hydrogens (tertiary/aromatic N) is 2. The highest BCUT2D eigenvalue weighted by molar-refractivity contribution is 5.76. The maximum Gasteiger partial charge on any atom is 0.208 e. The van der Waals surface area contributed by atoms with Crippen molar-refractivity contribution in [2.45, 2.75) is 59.0 Å². The van der Waals surface area contributed by atoms with Crippen molar-refractivity contribution in [1.29, 1.82) is 0 Å². The number of aryl methyl sites for hydroxylation is 2. The zero-order chi connectivity index (χ0) is 13.1. The number of ketones is 1. The highest BCUT2D eigenvalue weighted by Crippen LogP contribution is 2.22. The molecule has 0 aliphatic carbocycles. The fraction of sp³-hybridized carbons (Fsp3) is 0.714. The third-order valence-electron chi connectivity index (χ3n) is 3.68. The van der Waals surface area contributed by atoms with Crippen LogP contribution in [0, 0.1) is 13.8 Å². The van der Waals surface area contributed by atoms with E-state index in [9.17, 15) is 4.79 Å². The summed E-state index contributed by atoms with van der Waals surface area (Å²) in [6.45, 7) is 7.35. The fourth-order valence-corrected chi connectivity index (χ4v) is 2.61. The number of piperidine rings is 1. The van der Waals surface area contributed by atoms with Crippen LogP contribution < -0.4 is 0 Å². The Morgan fingerprint density at radius 1 is 1.44 bits per heavy atom. The number of hydrogen-bond donors (Lipinski definition) is 0. The minimum Gasteiger partial charge on any atom is -0.444 e. The zero-order valence-corrected chi connectivity index (χ0v) is 11.5. The topological polar surface area (TPSA) is 46.3 Å². The van der Waals surface area contributed by atoms with Crippen molar-refractivity contribution in [1.82, 2.24) is 9.88 Å². The van der Waals surface area contributed by atoms with E-state index in [2.05, 4.69) is 9.88 Å². The molecule has 100 valence electrons. The Balaban J connectivity index is 2.02. The van der Waals surface area contributed by atoms with E-state index in [1.165, 1.54) is 12.8 Å². The highest BCUT2D eigenvalue weighted by Gasteiger charge is 2.25. The second-order valence-corrected chi connectivity index (χ2v) is 5.28. The lowest BCUT2D eigenvalue weighted by Crippen LogP contribution is -2.40. The largest absolute Gasteiger partial charge is 0.444 e. The Bertz CT molecular complexity index is 406. The van der Waals surface area contributed by atoms with Crippen molar-refractivity contribution in [2.75, 3.05) is 6.54 Å². The predicted octanol–water partition coefficient (Wildman–Crippen LogP) is 2.63. The molecule has 0 amide bonds. The summed E-state index contributed by atoms with van der Waals surface area (Å²) in [4.78, 5) is 18.1. The quantitative estimate of drug-likeness (QED) is 0.824. The number of likely N-dealkylation sites (tertiary alicyclic amines) is 1. The normalized spacial score (nSPS) is 21.2. The minimum absolute atomic E-state index is 0.270. The SMILES string of the molecule is CC(=O)CC1CCCCN1Cc1nc(C)c(C)o1. The van der Waals surface area contributed by atoms with Crippen LogP contribution in [-0.4, -0.2) is 28.3 Å². The lowest BCUT2D eigenvalue weighted by atomic mass is 9.98. The van der Waals surface area contributed by atoms with Gasteiger partial charge in [0.25, 0.3) is 0 Å². The minimum atomic E-state index is 0.270. The number of aromatic nitrogens is 1. The molecule has 1 aliphatic heterocycles. The maximum absolute atomic E-state index is 11.3. The van der Waals surface area contributed by atoms with Crippen molar-refractivity contribution in [3.8, 4) is 0 Å². The predicted molar refractivity (Wildman–Crippen MR) is 69.3 cm³/mol. The summed E-state index contributed by atoms with van der Waals surface area (Å²) < 4.78 is 5.63. The summed E-state index contributed by atoms with van der Waals surface area (Å²) in [5.74, 6) is 1.94. The first-order valence-corrected chi connectivity index (χ1v) is 6.72. The van der Waals surface area contributed by atoms with Gasteiger partial charge in [0.15, 0.2) is 0 Å². The monoisotopic (exact) mass is 250 g/mol. The molecule has 0 N–H and O–H groups in total. The van der Waals surface area contributed by atoms with Gasteiger partial charge in [-0.2, -0.15) is 0 Å². The molecule has 4 nitrogen and oxygen atoms in total. The fourth-order valence-electron chi connectivity index (χ4n) is 2.61. The summed E-state index contributed by atoms with van der Waals surface area (Å²) in [5.41, 5.74) is 0.963. The van der Waals surface area contributed by atoms with Crippen molar-refractivity contribution in [3.05, 3.63) is 17.3 Å². The van der Waals surface area contributed by atoms with Crippen LogP contribution in [0.4, 0.5) is 0 Å². The summed E-state index contributed by atoms with van der Waals surface area (Å²) in [5, 5.41) is 0. The van der Waals surface area contributed by atoms with Gasteiger partial charge in [-0.15, -0.1) is 0 Å². The van der Waals surface area contributed by atoms with Crippen molar-refractivity contribution >= 4 is 5.78 Å². The van der Waals surface area contributed by atoms with Gasteiger partial charge in [-0.25, -0.2) is 4.98 Å². The van der Waals surface area contributed by atoms with Crippen LogP contribution in [0.25, 0.3) is 0 Å². The van der Waals surface area contributed by atoms with Crippen LogP contribution in [-0.2, 0) is 11.3 Å². The number of hydrogen-bond acceptors (Lipinski definition) is 4. The van der Waals surface area contributed by atoms with Gasteiger partial charge >= 0.3 is 0 Å². The maximum atomic E-state index is 11.3. The second-order valence-electron chi connectivity index (χ2n) is 5.28. The van der Waals surface area contributed by atoms with Gasteiger partial charge in [-0.3, -0.25) is 9.69 Å². The molecule has 1 saturated heterocycles. The van der Waals surface area contributed by atoms with E-state index < -0.39 is 0 Å². The molecule has 0 spiro atoms. The van der Waals surface area contributed by atoms with Gasteiger partial charge in [-0.1, -0.05) is 6.42 Å². The van der Waals surface area contributed by atoms with Gasteiger partial charge in [-0.05, 0) is 40.2 Å². The third kappa shape index (κ3) is 3.19. The van der Waals surface area contributed by atoms with Gasteiger partial charge in [0, 0.05) is 12.5 Å². The first-order valence-electron chi connectivity index (χ1n) is 6.72. The molecule has 1 fully saturated rings. The number of Topliss-reactive ketones (excluding diaryl/α,β-unsaturated/α-hetero) is 1. The Kier molecular flexibility index (Phi) is 4.17. The molecule has 2 rings (SSSR count). The van der Waals surface area contributed by atoms with Crippen LogP contribution in [0.15, 0.2) is 4.42 Å². The average Bonchev–Trinajstić information content (AvgIpc) is 2.60. The van der Waals surface area contributed by atoms with E-state index in [0.29, 0.717) is 12.5 Å². The first-order chi connectivity index (χ1) is 8.56. The lowest BCUT2D eigenvalue weighted by Gasteiger charge is -2.34. The summed E-state index contributed by atoms with van der Waals surface area (Å²) in [7, 11) is 0. The van der Waals surface area contributed by atoms with Crippen LogP contribution in [0.5, 0.6) is 0 Å². The highest BCUT2D eigenvalue weighted by atomic mass is 16.4. The van der Waals surface area contributed by atoms with Crippen LogP contribution >= 0.6 is 0 Å². The Hall–Kier alpha value is -1.16. The standard InChI is InChI=1S/C14H22N2O2/c1-10(17)8-13-6-4-5-7-16(13)9-14-15-11(2)12(3)18-14/h13H,4-9H2,1-3H3. The van der Waals surface area contributed by atoms with E-state index in [1.54, 1.807) is 6.92 Å². The first kappa shape index (κ1) is 13.3. The van der Waals surface area contributed by atoms with Gasteiger partial charge in [0.05, 0.1) is 12.2 Å². The summed E-state index contributed by atoms with van der Waals surface area (Å²) in [6, 6.07) is 0.365. The van der Waals surface area contributed by atoms with Gasteiger partial charge in [0.1, 0.15) is 11.5 Å². The molecule has 1 aromatic rings. The van der Waals surface area contributed by atoms with Crippen LogP contribution in [0.1, 0.15) is 50.0 Å². The van der Waals surface area contributed by atoms with Gasteiger partial charge in [0.2, 0.25) is 5.89 Å². The van der Waals surface area contributed by atoms with Crippen molar-refractivity contribution < 1.29 is 9.21 Å². The molecule has 4 heteroatoms. The molecule has 1 aliphatic rings. The number of oxazole rings is 1. The number of rotatable bonds is 4. The molecule has 2 heterocycles. The molecular formula is C14H22N2O2. The summed E-state index contributed by atoms with van der Waals surface area (Å²) >= 11 is 0. The van der Waals surface area contributed by atoms with E-state index >= 15 is 0 Å². The number of carbonyl (C=O) groups excluding carboxylic acids is 1. The van der Waals surface area contributed by atoms with Crippen LogP contribution in [0.3, 0.4) is 0 Å².